The fourth-order valence-corrected chi connectivity index (χ4v) is 3.56. The van der Waals surface area contributed by atoms with Crippen LogP contribution in [-0.2, 0) is 16.1 Å². The van der Waals surface area contributed by atoms with Crippen molar-refractivity contribution in [1.29, 1.82) is 0 Å². The molecular weight excluding hydrogens is 288 g/mol. The van der Waals surface area contributed by atoms with Gasteiger partial charge in [0.1, 0.15) is 0 Å². The van der Waals surface area contributed by atoms with Crippen molar-refractivity contribution in [2.45, 2.75) is 45.1 Å². The Morgan fingerprint density at radius 1 is 1.09 bits per heavy atom. The smallest absolute Gasteiger partial charge is 0.227 e. The van der Waals surface area contributed by atoms with Gasteiger partial charge in [0.15, 0.2) is 0 Å². The normalized spacial score (nSPS) is 26.3. The maximum Gasteiger partial charge on any atom is 0.227 e. The van der Waals surface area contributed by atoms with Crippen LogP contribution < -0.4 is 10.6 Å². The van der Waals surface area contributed by atoms with Crippen molar-refractivity contribution in [3.05, 3.63) is 29.8 Å². The highest BCUT2D eigenvalue weighted by Gasteiger charge is 2.50. The van der Waals surface area contributed by atoms with Crippen LogP contribution in [-0.4, -0.2) is 11.8 Å². The molecule has 0 bridgehead atoms. The van der Waals surface area contributed by atoms with E-state index < -0.39 is 0 Å². The van der Waals surface area contributed by atoms with Crippen LogP contribution in [0, 0.1) is 23.7 Å². The second-order valence-electron chi connectivity index (χ2n) is 7.38. The Balaban J connectivity index is 1.28. The number of amides is 2. The number of benzene rings is 1. The van der Waals surface area contributed by atoms with E-state index in [0.717, 1.165) is 42.9 Å². The maximum absolute atomic E-state index is 12.1. The van der Waals surface area contributed by atoms with Crippen LogP contribution in [0.5, 0.6) is 0 Å². The summed E-state index contributed by atoms with van der Waals surface area (Å²) in [5.41, 5.74) is 1.87. The van der Waals surface area contributed by atoms with E-state index >= 15 is 0 Å². The number of carbonyl (C=O) groups is 2. The molecule has 0 radical (unpaired) electrons. The fraction of sp³-hybridized carbons (Fsp3) is 0.579. The molecule has 23 heavy (non-hydrogen) atoms. The highest BCUT2D eigenvalue weighted by Crippen LogP contribution is 2.54. The summed E-state index contributed by atoms with van der Waals surface area (Å²) >= 11 is 0. The summed E-state index contributed by atoms with van der Waals surface area (Å²) in [6.45, 7) is 0.542. The number of hydrogen-bond acceptors (Lipinski definition) is 2. The minimum Gasteiger partial charge on any atom is -0.352 e. The molecule has 2 N–H and O–H groups in total. The van der Waals surface area contributed by atoms with Gasteiger partial charge in [-0.1, -0.05) is 18.6 Å². The predicted molar refractivity (Wildman–Crippen MR) is 88.6 cm³/mol. The van der Waals surface area contributed by atoms with Gasteiger partial charge in [-0.05, 0) is 61.6 Å². The second-order valence-corrected chi connectivity index (χ2v) is 7.38. The summed E-state index contributed by atoms with van der Waals surface area (Å²) in [6.07, 6.45) is 6.88. The zero-order chi connectivity index (χ0) is 15.8. The maximum atomic E-state index is 12.1. The van der Waals surface area contributed by atoms with Crippen LogP contribution in [0.1, 0.15) is 44.1 Å². The Bertz CT molecular complexity index is 620. The molecule has 2 atom stereocenters. The molecule has 4 heteroatoms. The highest BCUT2D eigenvalue weighted by molar-refractivity contribution is 5.93. The lowest BCUT2D eigenvalue weighted by Crippen LogP contribution is -2.28. The van der Waals surface area contributed by atoms with E-state index in [0.29, 0.717) is 12.5 Å². The average Bonchev–Trinajstić information content (AvgIpc) is 3.35. The van der Waals surface area contributed by atoms with Crippen LogP contribution in [0.3, 0.4) is 0 Å². The Labute approximate surface area is 137 Å². The summed E-state index contributed by atoms with van der Waals surface area (Å²) < 4.78 is 0. The number of anilines is 1. The van der Waals surface area contributed by atoms with Gasteiger partial charge in [-0.15, -0.1) is 0 Å². The number of rotatable bonds is 6. The van der Waals surface area contributed by atoms with Crippen molar-refractivity contribution in [2.75, 3.05) is 5.32 Å². The first kappa shape index (κ1) is 14.7. The molecule has 122 valence electrons. The molecule has 0 spiro atoms. The van der Waals surface area contributed by atoms with E-state index in [2.05, 4.69) is 10.6 Å². The molecule has 0 heterocycles. The van der Waals surface area contributed by atoms with Gasteiger partial charge >= 0.3 is 0 Å². The molecule has 0 aliphatic heterocycles. The van der Waals surface area contributed by atoms with Crippen LogP contribution in [0.15, 0.2) is 24.3 Å². The zero-order valence-corrected chi connectivity index (χ0v) is 13.4. The molecule has 4 rings (SSSR count). The monoisotopic (exact) mass is 312 g/mol. The molecular formula is C19H24N2O2. The van der Waals surface area contributed by atoms with Crippen molar-refractivity contribution in [1.82, 2.24) is 5.32 Å². The van der Waals surface area contributed by atoms with Crippen molar-refractivity contribution in [3.63, 3.8) is 0 Å². The lowest BCUT2D eigenvalue weighted by atomic mass is 9.85. The van der Waals surface area contributed by atoms with E-state index in [9.17, 15) is 9.59 Å². The topological polar surface area (TPSA) is 58.2 Å². The highest BCUT2D eigenvalue weighted by atomic mass is 16.2. The molecule has 1 aromatic rings. The SMILES string of the molecule is O=C(Nc1cccc(CNC(=O)[C@@H]2C[C@H]2C2CC2)c1)C1CCC1. The third-order valence-corrected chi connectivity index (χ3v) is 5.54. The van der Waals surface area contributed by atoms with Gasteiger partial charge in [-0.2, -0.15) is 0 Å². The molecule has 3 aliphatic carbocycles. The molecule has 3 fully saturated rings. The minimum atomic E-state index is 0.127. The van der Waals surface area contributed by atoms with Crippen LogP contribution in [0.25, 0.3) is 0 Å². The van der Waals surface area contributed by atoms with Crippen molar-refractivity contribution in [3.8, 4) is 0 Å². The van der Waals surface area contributed by atoms with E-state index in [1.54, 1.807) is 0 Å². The van der Waals surface area contributed by atoms with Gasteiger partial charge in [-0.3, -0.25) is 9.59 Å². The quantitative estimate of drug-likeness (QED) is 0.848. The molecule has 3 saturated carbocycles. The Hall–Kier alpha value is -1.84. The molecule has 0 saturated heterocycles. The first-order chi connectivity index (χ1) is 11.2. The standard InChI is InChI=1S/C19H24N2O2/c22-18(14-4-2-5-14)21-15-6-1-3-12(9-15)11-20-19(23)17-10-16(17)13-7-8-13/h1,3,6,9,13-14,16-17H,2,4-5,7-8,10-11H2,(H,20,23)(H,21,22)/t16-,17+/m0/s1. The Kier molecular flexibility index (Phi) is 3.83. The third kappa shape index (κ3) is 3.41. The number of nitrogens with one attached hydrogen (secondary N) is 2. The van der Waals surface area contributed by atoms with Gasteiger partial charge in [0, 0.05) is 24.1 Å². The first-order valence-corrected chi connectivity index (χ1v) is 8.88. The lowest BCUT2D eigenvalue weighted by molar-refractivity contribution is -0.123. The van der Waals surface area contributed by atoms with E-state index in [4.69, 9.17) is 0 Å². The van der Waals surface area contributed by atoms with Crippen molar-refractivity contribution >= 4 is 17.5 Å². The summed E-state index contributed by atoms with van der Waals surface area (Å²) in [5, 5.41) is 6.03. The predicted octanol–water partition coefficient (Wildman–Crippen LogP) is 3.09. The van der Waals surface area contributed by atoms with Crippen LogP contribution >= 0.6 is 0 Å². The molecule has 0 unspecified atom stereocenters. The molecule has 2 amide bonds. The van der Waals surface area contributed by atoms with Crippen LogP contribution in [0.2, 0.25) is 0 Å². The van der Waals surface area contributed by atoms with E-state index in [-0.39, 0.29) is 23.7 Å². The summed E-state index contributed by atoms with van der Waals surface area (Å²) in [7, 11) is 0. The zero-order valence-electron chi connectivity index (χ0n) is 13.4. The Morgan fingerprint density at radius 3 is 2.61 bits per heavy atom. The van der Waals surface area contributed by atoms with Crippen LogP contribution in [0.4, 0.5) is 5.69 Å². The lowest BCUT2D eigenvalue weighted by Gasteiger charge is -2.24. The number of hydrogen-bond donors (Lipinski definition) is 2. The fourth-order valence-electron chi connectivity index (χ4n) is 3.56. The second kappa shape index (κ2) is 5.99. The van der Waals surface area contributed by atoms with Crippen molar-refractivity contribution < 1.29 is 9.59 Å². The first-order valence-electron chi connectivity index (χ1n) is 8.88. The van der Waals surface area contributed by atoms with E-state index in [1.165, 1.54) is 12.8 Å². The van der Waals surface area contributed by atoms with Gasteiger partial charge in [0.05, 0.1) is 0 Å². The summed E-state index contributed by atoms with van der Waals surface area (Å²) in [5.74, 6) is 2.25. The Morgan fingerprint density at radius 2 is 1.91 bits per heavy atom. The average molecular weight is 312 g/mol. The van der Waals surface area contributed by atoms with E-state index in [1.807, 2.05) is 24.3 Å². The van der Waals surface area contributed by atoms with Gasteiger partial charge in [0.25, 0.3) is 0 Å². The molecule has 4 nitrogen and oxygen atoms in total. The van der Waals surface area contributed by atoms with Crippen molar-refractivity contribution in [2.24, 2.45) is 23.7 Å². The molecule has 3 aliphatic rings. The van der Waals surface area contributed by atoms with Gasteiger partial charge in [-0.25, -0.2) is 0 Å². The molecule has 0 aromatic heterocycles. The summed E-state index contributed by atoms with van der Waals surface area (Å²) in [4.78, 5) is 24.1. The summed E-state index contributed by atoms with van der Waals surface area (Å²) in [6, 6.07) is 7.79. The molecule has 1 aromatic carbocycles. The van der Waals surface area contributed by atoms with Gasteiger partial charge in [0.2, 0.25) is 11.8 Å². The minimum absolute atomic E-state index is 0.127. The third-order valence-electron chi connectivity index (χ3n) is 5.54. The largest absolute Gasteiger partial charge is 0.352 e. The van der Waals surface area contributed by atoms with Gasteiger partial charge < -0.3 is 10.6 Å². The number of carbonyl (C=O) groups excluding carboxylic acids is 2.